The molecule has 1 amide bonds. The summed E-state index contributed by atoms with van der Waals surface area (Å²) in [4.78, 5) is 21.6. The number of nitrogens with one attached hydrogen (secondary N) is 1. The summed E-state index contributed by atoms with van der Waals surface area (Å²) in [6.07, 6.45) is -5.27. The van der Waals surface area contributed by atoms with Gasteiger partial charge in [0, 0.05) is 0 Å². The second-order valence-electron chi connectivity index (χ2n) is 3.58. The molecular weight excluding hydrogens is 215 g/mol. The molecule has 0 aromatic carbocycles. The predicted octanol–water partition coefficient (Wildman–Crippen LogP) is 1.06. The van der Waals surface area contributed by atoms with Gasteiger partial charge in [0.1, 0.15) is 12.0 Å². The number of carboxylic acid groups (broad SMARTS) is 1. The van der Waals surface area contributed by atoms with Gasteiger partial charge in [0.25, 0.3) is 0 Å². The summed E-state index contributed by atoms with van der Waals surface area (Å²) in [6, 6.07) is 0. The van der Waals surface area contributed by atoms with Gasteiger partial charge >= 0.3 is 12.1 Å². The maximum absolute atomic E-state index is 11.8. The van der Waals surface area contributed by atoms with E-state index in [2.05, 4.69) is 0 Å². The number of amides is 1. The summed E-state index contributed by atoms with van der Waals surface area (Å²) in [5, 5.41) is 10.7. The Morgan fingerprint density at radius 2 is 1.87 bits per heavy atom. The Morgan fingerprint density at radius 1 is 1.33 bits per heavy atom. The number of rotatable bonds is 3. The van der Waals surface area contributed by atoms with Crippen molar-refractivity contribution in [1.29, 1.82) is 0 Å². The number of carbonyl (C=O) groups is 2. The van der Waals surface area contributed by atoms with Crippen LogP contribution in [0, 0.1) is 0 Å². The van der Waals surface area contributed by atoms with Crippen LogP contribution in [0.25, 0.3) is 0 Å². The Balaban J connectivity index is 2.54. The summed E-state index contributed by atoms with van der Waals surface area (Å²) in [7, 11) is 0. The molecule has 1 aliphatic carbocycles. The van der Waals surface area contributed by atoms with Crippen LogP contribution in [-0.2, 0) is 9.59 Å². The Morgan fingerprint density at radius 3 is 2.13 bits per heavy atom. The lowest BCUT2D eigenvalue weighted by Crippen LogP contribution is -2.59. The van der Waals surface area contributed by atoms with Crippen LogP contribution in [-0.4, -0.2) is 28.7 Å². The van der Waals surface area contributed by atoms with Crippen LogP contribution in [0.2, 0.25) is 0 Å². The fourth-order valence-corrected chi connectivity index (χ4v) is 1.42. The largest absolute Gasteiger partial charge is 0.480 e. The van der Waals surface area contributed by atoms with E-state index in [1.165, 1.54) is 0 Å². The minimum atomic E-state index is -4.60. The minimum absolute atomic E-state index is 0.186. The third-order valence-corrected chi connectivity index (χ3v) is 2.36. The molecule has 0 bridgehead atoms. The third kappa shape index (κ3) is 2.84. The van der Waals surface area contributed by atoms with Gasteiger partial charge in [0.2, 0.25) is 5.91 Å². The monoisotopic (exact) mass is 225 g/mol. The molecule has 0 unspecified atom stereocenters. The lowest BCUT2D eigenvalue weighted by molar-refractivity contribution is -0.162. The summed E-state index contributed by atoms with van der Waals surface area (Å²) in [6.45, 7) is 0. The molecule has 7 heteroatoms. The molecule has 0 spiro atoms. The van der Waals surface area contributed by atoms with Gasteiger partial charge in [-0.05, 0) is 19.3 Å². The number of aliphatic carboxylic acids is 1. The quantitative estimate of drug-likeness (QED) is 0.754. The summed E-state index contributed by atoms with van der Waals surface area (Å²) >= 11 is 0. The molecule has 0 aliphatic heterocycles. The fraction of sp³-hybridized carbons (Fsp3) is 0.750. The van der Waals surface area contributed by atoms with Crippen molar-refractivity contribution in [3.8, 4) is 0 Å². The SMILES string of the molecule is O=C(CC(F)(F)F)NC1(C(=O)O)CCC1. The highest BCUT2D eigenvalue weighted by atomic mass is 19.4. The second kappa shape index (κ2) is 3.71. The van der Waals surface area contributed by atoms with Crippen molar-refractivity contribution in [2.24, 2.45) is 0 Å². The van der Waals surface area contributed by atoms with E-state index in [1.807, 2.05) is 5.32 Å². The zero-order valence-corrected chi connectivity index (χ0v) is 7.73. The van der Waals surface area contributed by atoms with Crippen LogP contribution in [0.1, 0.15) is 25.7 Å². The van der Waals surface area contributed by atoms with E-state index in [4.69, 9.17) is 5.11 Å². The molecule has 1 aliphatic rings. The highest BCUT2D eigenvalue weighted by molar-refractivity contribution is 5.88. The molecule has 0 aromatic rings. The molecule has 4 nitrogen and oxygen atoms in total. The third-order valence-electron chi connectivity index (χ3n) is 2.36. The van der Waals surface area contributed by atoms with Crippen LogP contribution < -0.4 is 5.32 Å². The zero-order valence-electron chi connectivity index (χ0n) is 7.73. The van der Waals surface area contributed by atoms with E-state index in [0.717, 1.165) is 0 Å². The fourth-order valence-electron chi connectivity index (χ4n) is 1.42. The Bertz CT molecular complexity index is 283. The molecule has 1 saturated carbocycles. The van der Waals surface area contributed by atoms with Gasteiger partial charge in [-0.15, -0.1) is 0 Å². The first kappa shape index (κ1) is 11.8. The Labute approximate surface area is 83.5 Å². The molecule has 86 valence electrons. The summed E-state index contributed by atoms with van der Waals surface area (Å²) < 4.78 is 35.4. The van der Waals surface area contributed by atoms with Crippen molar-refractivity contribution >= 4 is 11.9 Å². The molecule has 1 rings (SSSR count). The van der Waals surface area contributed by atoms with Gasteiger partial charge in [-0.2, -0.15) is 13.2 Å². The van der Waals surface area contributed by atoms with Crippen molar-refractivity contribution in [1.82, 2.24) is 5.32 Å². The van der Waals surface area contributed by atoms with Crippen molar-refractivity contribution in [2.75, 3.05) is 0 Å². The number of carboxylic acids is 1. The van der Waals surface area contributed by atoms with Crippen LogP contribution in [0.5, 0.6) is 0 Å². The molecule has 0 radical (unpaired) electrons. The average molecular weight is 225 g/mol. The van der Waals surface area contributed by atoms with Crippen molar-refractivity contribution in [3.63, 3.8) is 0 Å². The molecule has 2 N–H and O–H groups in total. The molecule has 0 atom stereocenters. The maximum atomic E-state index is 11.8. The molecule has 0 saturated heterocycles. The van der Waals surface area contributed by atoms with Gasteiger partial charge < -0.3 is 10.4 Å². The van der Waals surface area contributed by atoms with E-state index >= 15 is 0 Å². The second-order valence-corrected chi connectivity index (χ2v) is 3.58. The highest BCUT2D eigenvalue weighted by Crippen LogP contribution is 2.32. The molecular formula is C8H10F3NO3. The standard InChI is InChI=1S/C8H10F3NO3/c9-8(10,11)4-5(13)12-7(6(14)15)2-1-3-7/h1-4H2,(H,12,13)(H,14,15). The molecule has 15 heavy (non-hydrogen) atoms. The number of halogens is 3. The molecule has 0 aromatic heterocycles. The van der Waals surface area contributed by atoms with Gasteiger partial charge in [-0.1, -0.05) is 0 Å². The van der Waals surface area contributed by atoms with Crippen LogP contribution in [0.15, 0.2) is 0 Å². The lowest BCUT2D eigenvalue weighted by Gasteiger charge is -2.38. The van der Waals surface area contributed by atoms with Crippen molar-refractivity contribution in [2.45, 2.75) is 37.4 Å². The molecule has 1 fully saturated rings. The predicted molar refractivity (Wildman–Crippen MR) is 43.0 cm³/mol. The van der Waals surface area contributed by atoms with Gasteiger partial charge in [0.05, 0.1) is 0 Å². The smallest absolute Gasteiger partial charge is 0.397 e. The average Bonchev–Trinajstić information content (AvgIpc) is 1.92. The van der Waals surface area contributed by atoms with Crippen molar-refractivity contribution < 1.29 is 27.9 Å². The van der Waals surface area contributed by atoms with Crippen LogP contribution >= 0.6 is 0 Å². The maximum Gasteiger partial charge on any atom is 0.397 e. The number of carbonyl (C=O) groups excluding carboxylic acids is 1. The zero-order chi connectivity index (χ0) is 11.7. The first-order chi connectivity index (χ1) is 6.75. The molecule has 0 heterocycles. The van der Waals surface area contributed by atoms with E-state index in [0.29, 0.717) is 6.42 Å². The summed E-state index contributed by atoms with van der Waals surface area (Å²) in [5.41, 5.74) is -1.47. The normalized spacial score (nSPS) is 19.1. The van der Waals surface area contributed by atoms with Crippen LogP contribution in [0.4, 0.5) is 13.2 Å². The highest BCUT2D eigenvalue weighted by Gasteiger charge is 2.46. The first-order valence-electron chi connectivity index (χ1n) is 4.36. The van der Waals surface area contributed by atoms with E-state index in [1.54, 1.807) is 0 Å². The lowest BCUT2D eigenvalue weighted by atomic mass is 9.76. The number of hydrogen-bond donors (Lipinski definition) is 2. The van der Waals surface area contributed by atoms with E-state index < -0.39 is 30.0 Å². The van der Waals surface area contributed by atoms with Gasteiger partial charge in [-0.25, -0.2) is 4.79 Å². The van der Waals surface area contributed by atoms with Crippen LogP contribution in [0.3, 0.4) is 0 Å². The van der Waals surface area contributed by atoms with Gasteiger partial charge in [0.15, 0.2) is 0 Å². The van der Waals surface area contributed by atoms with E-state index in [9.17, 15) is 22.8 Å². The van der Waals surface area contributed by atoms with E-state index in [-0.39, 0.29) is 12.8 Å². The van der Waals surface area contributed by atoms with Gasteiger partial charge in [-0.3, -0.25) is 4.79 Å². The topological polar surface area (TPSA) is 66.4 Å². The Hall–Kier alpha value is -1.27. The number of hydrogen-bond acceptors (Lipinski definition) is 2. The van der Waals surface area contributed by atoms with Crippen molar-refractivity contribution in [3.05, 3.63) is 0 Å². The summed E-state index contributed by atoms with van der Waals surface area (Å²) in [5.74, 6) is -2.56. The minimum Gasteiger partial charge on any atom is -0.480 e. The number of alkyl halides is 3. The first-order valence-corrected chi connectivity index (χ1v) is 4.36. The Kier molecular flexibility index (Phi) is 2.92.